The molecule has 1 N–H and O–H groups in total. The number of aryl methyl sites for hydroxylation is 2. The highest BCUT2D eigenvalue weighted by Crippen LogP contribution is 2.30. The van der Waals surface area contributed by atoms with Gasteiger partial charge in [0, 0.05) is 17.5 Å². The van der Waals surface area contributed by atoms with Gasteiger partial charge < -0.3 is 10.0 Å². The Morgan fingerprint density at radius 2 is 2.04 bits per heavy atom. The lowest BCUT2D eigenvalue weighted by Crippen LogP contribution is -2.42. The van der Waals surface area contributed by atoms with E-state index in [4.69, 9.17) is 0 Å². The Balaban J connectivity index is 1.80. The summed E-state index contributed by atoms with van der Waals surface area (Å²) in [6.45, 7) is 5.39. The molecule has 0 saturated carbocycles. The predicted octanol–water partition coefficient (Wildman–Crippen LogP) is 3.60. The van der Waals surface area contributed by atoms with Crippen LogP contribution >= 0.6 is 11.8 Å². The average Bonchev–Trinajstić information content (AvgIpc) is 2.58. The minimum Gasteiger partial charge on any atom is -0.394 e. The third-order valence-electron chi connectivity index (χ3n) is 4.46. The minimum atomic E-state index is 0.179. The molecular weight excluding hydrogens is 306 g/mol. The van der Waals surface area contributed by atoms with E-state index in [-0.39, 0.29) is 12.6 Å². The molecular formula is C18H23N3OS. The highest BCUT2D eigenvalue weighted by Gasteiger charge is 2.23. The number of benzene rings is 1. The number of nitrogens with zero attached hydrogens (tertiary/aromatic N) is 3. The summed E-state index contributed by atoms with van der Waals surface area (Å²) < 4.78 is 0. The first-order chi connectivity index (χ1) is 11.2. The van der Waals surface area contributed by atoms with Gasteiger partial charge in [0.2, 0.25) is 0 Å². The van der Waals surface area contributed by atoms with E-state index in [1.54, 1.807) is 18.1 Å². The molecule has 1 aliphatic rings. The van der Waals surface area contributed by atoms with E-state index >= 15 is 0 Å². The first kappa shape index (κ1) is 16.3. The number of aliphatic hydroxyl groups excluding tert-OH is 1. The maximum absolute atomic E-state index is 9.59. The molecule has 23 heavy (non-hydrogen) atoms. The molecule has 4 nitrogen and oxygen atoms in total. The van der Waals surface area contributed by atoms with Gasteiger partial charge in [-0.2, -0.15) is 0 Å². The molecule has 0 bridgehead atoms. The Morgan fingerprint density at radius 3 is 2.83 bits per heavy atom. The van der Waals surface area contributed by atoms with E-state index in [1.165, 1.54) is 22.4 Å². The normalized spacial score (nSPS) is 18.2. The predicted molar refractivity (Wildman–Crippen MR) is 94.1 cm³/mol. The summed E-state index contributed by atoms with van der Waals surface area (Å²) >= 11 is 1.66. The van der Waals surface area contributed by atoms with Gasteiger partial charge >= 0.3 is 0 Å². The molecule has 0 aliphatic carbocycles. The molecule has 1 saturated heterocycles. The van der Waals surface area contributed by atoms with Crippen LogP contribution in [-0.4, -0.2) is 34.3 Å². The number of aliphatic hydroxyl groups is 1. The summed E-state index contributed by atoms with van der Waals surface area (Å²) in [6.07, 6.45) is 4.99. The first-order valence-corrected chi connectivity index (χ1v) is 8.93. The second-order valence-electron chi connectivity index (χ2n) is 6.09. The maximum atomic E-state index is 9.59. The quantitative estimate of drug-likeness (QED) is 0.869. The molecule has 0 spiro atoms. The second kappa shape index (κ2) is 7.32. The summed E-state index contributed by atoms with van der Waals surface area (Å²) in [5.41, 5.74) is 2.59. The van der Waals surface area contributed by atoms with E-state index in [0.29, 0.717) is 0 Å². The Hall–Kier alpha value is -1.59. The zero-order valence-electron chi connectivity index (χ0n) is 13.7. The molecule has 1 atom stereocenters. The van der Waals surface area contributed by atoms with Gasteiger partial charge in [0.05, 0.1) is 12.6 Å². The number of piperidine rings is 1. The standard InChI is InChI=1S/C18H23N3OS/c1-13-6-7-16(9-14(13)2)23-18-10-17(19-12-20-18)21-8-4-3-5-15(21)11-22/h6-7,9-10,12,15,22H,3-5,8,11H2,1-2H3. The smallest absolute Gasteiger partial charge is 0.133 e. The fraction of sp³-hybridized carbons (Fsp3) is 0.444. The fourth-order valence-corrected chi connectivity index (χ4v) is 3.81. The van der Waals surface area contributed by atoms with E-state index in [9.17, 15) is 5.11 Å². The summed E-state index contributed by atoms with van der Waals surface area (Å²) in [4.78, 5) is 12.2. The van der Waals surface area contributed by atoms with E-state index in [2.05, 4.69) is 46.9 Å². The third kappa shape index (κ3) is 3.85. The van der Waals surface area contributed by atoms with Crippen molar-refractivity contribution in [1.82, 2.24) is 9.97 Å². The lowest BCUT2D eigenvalue weighted by molar-refractivity contribution is 0.239. The molecule has 122 valence electrons. The van der Waals surface area contributed by atoms with Crippen molar-refractivity contribution in [3.63, 3.8) is 0 Å². The van der Waals surface area contributed by atoms with Gasteiger partial charge in [-0.15, -0.1) is 0 Å². The van der Waals surface area contributed by atoms with Gasteiger partial charge in [-0.1, -0.05) is 17.8 Å². The summed E-state index contributed by atoms with van der Waals surface area (Å²) in [5, 5.41) is 10.5. The van der Waals surface area contributed by atoms with Crippen LogP contribution < -0.4 is 4.90 Å². The Kier molecular flexibility index (Phi) is 5.18. The highest BCUT2D eigenvalue weighted by atomic mass is 32.2. The van der Waals surface area contributed by atoms with Crippen molar-refractivity contribution in [3.05, 3.63) is 41.7 Å². The molecule has 5 heteroatoms. The van der Waals surface area contributed by atoms with Gasteiger partial charge in [-0.05, 0) is 56.4 Å². The first-order valence-electron chi connectivity index (χ1n) is 8.12. The second-order valence-corrected chi connectivity index (χ2v) is 7.18. The molecule has 1 unspecified atom stereocenters. The van der Waals surface area contributed by atoms with Crippen LogP contribution in [0, 0.1) is 13.8 Å². The lowest BCUT2D eigenvalue weighted by Gasteiger charge is -2.35. The van der Waals surface area contributed by atoms with Crippen LogP contribution in [0.3, 0.4) is 0 Å². The van der Waals surface area contributed by atoms with Crippen LogP contribution in [0.5, 0.6) is 0 Å². The average molecular weight is 329 g/mol. The van der Waals surface area contributed by atoms with Crippen molar-refractivity contribution >= 4 is 17.6 Å². The van der Waals surface area contributed by atoms with E-state index < -0.39 is 0 Å². The number of aromatic nitrogens is 2. The molecule has 0 amide bonds. The van der Waals surface area contributed by atoms with Crippen LogP contribution in [-0.2, 0) is 0 Å². The van der Waals surface area contributed by atoms with Gasteiger partial charge in [0.15, 0.2) is 0 Å². The van der Waals surface area contributed by atoms with Crippen molar-refractivity contribution in [3.8, 4) is 0 Å². The van der Waals surface area contributed by atoms with Crippen molar-refractivity contribution < 1.29 is 5.11 Å². The largest absolute Gasteiger partial charge is 0.394 e. The number of hydrogen-bond acceptors (Lipinski definition) is 5. The summed E-state index contributed by atoms with van der Waals surface area (Å²) in [5.74, 6) is 0.921. The molecule has 2 heterocycles. The van der Waals surface area contributed by atoms with Gasteiger partial charge in [-0.25, -0.2) is 9.97 Å². The van der Waals surface area contributed by atoms with Gasteiger partial charge in [-0.3, -0.25) is 0 Å². The Labute approximate surface area is 142 Å². The zero-order chi connectivity index (χ0) is 16.2. The molecule has 2 aromatic rings. The van der Waals surface area contributed by atoms with Crippen LogP contribution in [0.1, 0.15) is 30.4 Å². The molecule has 1 aromatic carbocycles. The number of rotatable bonds is 4. The van der Waals surface area contributed by atoms with E-state index in [0.717, 1.165) is 30.2 Å². The number of anilines is 1. The lowest BCUT2D eigenvalue weighted by atomic mass is 10.0. The van der Waals surface area contributed by atoms with Crippen molar-refractivity contribution in [2.75, 3.05) is 18.1 Å². The van der Waals surface area contributed by atoms with Crippen LogP contribution in [0.4, 0.5) is 5.82 Å². The van der Waals surface area contributed by atoms with Gasteiger partial charge in [0.25, 0.3) is 0 Å². The van der Waals surface area contributed by atoms with Crippen LogP contribution in [0.15, 0.2) is 40.5 Å². The van der Waals surface area contributed by atoms with Crippen LogP contribution in [0.2, 0.25) is 0 Å². The summed E-state index contributed by atoms with van der Waals surface area (Å²) in [6, 6.07) is 8.68. The number of hydrogen-bond donors (Lipinski definition) is 1. The molecule has 3 rings (SSSR count). The van der Waals surface area contributed by atoms with Crippen molar-refractivity contribution in [2.45, 2.75) is 49.1 Å². The van der Waals surface area contributed by atoms with Crippen molar-refractivity contribution in [1.29, 1.82) is 0 Å². The summed E-state index contributed by atoms with van der Waals surface area (Å²) in [7, 11) is 0. The SMILES string of the molecule is Cc1ccc(Sc2cc(N3CCCCC3CO)ncn2)cc1C. The Morgan fingerprint density at radius 1 is 1.17 bits per heavy atom. The third-order valence-corrected chi connectivity index (χ3v) is 5.38. The van der Waals surface area contributed by atoms with Crippen LogP contribution in [0.25, 0.3) is 0 Å². The zero-order valence-corrected chi connectivity index (χ0v) is 14.5. The van der Waals surface area contributed by atoms with E-state index in [1.807, 2.05) is 6.07 Å². The molecule has 1 fully saturated rings. The maximum Gasteiger partial charge on any atom is 0.133 e. The Bertz CT molecular complexity index is 677. The minimum absolute atomic E-state index is 0.179. The topological polar surface area (TPSA) is 49.2 Å². The molecule has 1 aliphatic heterocycles. The molecule has 0 radical (unpaired) electrons. The fourth-order valence-electron chi connectivity index (χ4n) is 2.93. The van der Waals surface area contributed by atoms with Gasteiger partial charge in [0.1, 0.15) is 17.2 Å². The van der Waals surface area contributed by atoms with Crippen molar-refractivity contribution in [2.24, 2.45) is 0 Å². The molecule has 1 aromatic heterocycles. The highest BCUT2D eigenvalue weighted by molar-refractivity contribution is 7.99. The monoisotopic (exact) mass is 329 g/mol.